The average molecular weight is 401 g/mol. The van der Waals surface area contributed by atoms with Crippen LogP contribution in [-0.2, 0) is 11.0 Å². The van der Waals surface area contributed by atoms with Crippen LogP contribution in [0.5, 0.6) is 11.5 Å². The summed E-state index contributed by atoms with van der Waals surface area (Å²) in [6.07, 6.45) is -3.16. The van der Waals surface area contributed by atoms with Crippen molar-refractivity contribution in [2.75, 3.05) is 19.0 Å². The maximum Gasteiger partial charge on any atom is 0.416 e. The Kier molecular flexibility index (Phi) is 6.83. The Morgan fingerprint density at radius 3 is 2.48 bits per heavy atom. The van der Waals surface area contributed by atoms with Gasteiger partial charge in [0, 0.05) is 5.69 Å². The van der Waals surface area contributed by atoms with Gasteiger partial charge < -0.3 is 14.8 Å². The number of methoxy groups -OCH3 is 1. The van der Waals surface area contributed by atoms with Crippen molar-refractivity contribution in [1.29, 1.82) is 10.5 Å². The SMILES string of the molecule is COc1cc(C=C(C#N)C#N)ccc1OCC(=O)Nc1cccc(C(F)(F)F)c1. The molecule has 1 N–H and O–H groups in total. The number of benzene rings is 2. The monoisotopic (exact) mass is 401 g/mol. The molecule has 29 heavy (non-hydrogen) atoms. The molecule has 0 aliphatic carbocycles. The molecule has 0 aromatic heterocycles. The number of hydrogen-bond acceptors (Lipinski definition) is 5. The van der Waals surface area contributed by atoms with E-state index in [2.05, 4.69) is 5.32 Å². The molecular formula is C20H14F3N3O3. The number of alkyl halides is 3. The number of allylic oxidation sites excluding steroid dienone is 1. The lowest BCUT2D eigenvalue weighted by Crippen LogP contribution is -2.20. The van der Waals surface area contributed by atoms with E-state index in [1.807, 2.05) is 0 Å². The zero-order chi connectivity index (χ0) is 21.4. The molecule has 9 heteroatoms. The number of carbonyl (C=O) groups excluding carboxylic acids is 1. The van der Waals surface area contributed by atoms with Gasteiger partial charge in [-0.3, -0.25) is 4.79 Å². The topological polar surface area (TPSA) is 95.1 Å². The molecule has 0 saturated heterocycles. The molecule has 1 amide bonds. The van der Waals surface area contributed by atoms with Crippen LogP contribution in [0, 0.1) is 22.7 Å². The molecule has 0 bridgehead atoms. The second-order valence-electron chi connectivity index (χ2n) is 5.61. The fourth-order valence-corrected chi connectivity index (χ4v) is 2.26. The number of anilines is 1. The molecule has 2 rings (SSSR count). The van der Waals surface area contributed by atoms with E-state index in [0.29, 0.717) is 5.56 Å². The predicted molar refractivity (Wildman–Crippen MR) is 97.8 cm³/mol. The standard InChI is InChI=1S/C20H14F3N3O3/c1-28-18-8-13(7-14(10-24)11-25)5-6-17(18)29-12-19(27)26-16-4-2-3-15(9-16)20(21,22)23/h2-9H,12H2,1H3,(H,26,27). The average Bonchev–Trinajstić information content (AvgIpc) is 2.70. The first-order valence-electron chi connectivity index (χ1n) is 8.06. The number of nitriles is 2. The van der Waals surface area contributed by atoms with Gasteiger partial charge in [-0.2, -0.15) is 23.7 Å². The number of hydrogen-bond donors (Lipinski definition) is 1. The molecule has 148 valence electrons. The summed E-state index contributed by atoms with van der Waals surface area (Å²) in [6, 6.07) is 12.2. The van der Waals surface area contributed by atoms with Crippen molar-refractivity contribution in [3.8, 4) is 23.6 Å². The third kappa shape index (κ3) is 6.01. The summed E-state index contributed by atoms with van der Waals surface area (Å²) in [6.45, 7) is -0.469. The molecule has 0 spiro atoms. The van der Waals surface area contributed by atoms with Gasteiger partial charge in [0.1, 0.15) is 17.7 Å². The number of rotatable bonds is 6. The van der Waals surface area contributed by atoms with E-state index in [4.69, 9.17) is 20.0 Å². The van der Waals surface area contributed by atoms with E-state index in [1.165, 1.54) is 37.5 Å². The van der Waals surface area contributed by atoms with Gasteiger partial charge in [-0.1, -0.05) is 12.1 Å². The molecule has 6 nitrogen and oxygen atoms in total. The Morgan fingerprint density at radius 2 is 1.86 bits per heavy atom. The van der Waals surface area contributed by atoms with Gasteiger partial charge in [-0.25, -0.2) is 0 Å². The maximum atomic E-state index is 12.7. The Balaban J connectivity index is 2.06. The number of amides is 1. The van der Waals surface area contributed by atoms with Crippen molar-refractivity contribution in [2.24, 2.45) is 0 Å². The summed E-state index contributed by atoms with van der Waals surface area (Å²) in [7, 11) is 1.37. The molecule has 0 aliphatic rings. The maximum absolute atomic E-state index is 12.7. The van der Waals surface area contributed by atoms with Crippen LogP contribution >= 0.6 is 0 Å². The number of halogens is 3. The summed E-state index contributed by atoms with van der Waals surface area (Å²) >= 11 is 0. The number of carbonyl (C=O) groups is 1. The van der Waals surface area contributed by atoms with Crippen LogP contribution in [0.15, 0.2) is 48.0 Å². The van der Waals surface area contributed by atoms with Gasteiger partial charge in [-0.05, 0) is 42.0 Å². The number of nitrogens with zero attached hydrogens (tertiary/aromatic N) is 2. The van der Waals surface area contributed by atoms with Crippen LogP contribution in [0.4, 0.5) is 18.9 Å². The van der Waals surface area contributed by atoms with Gasteiger partial charge in [0.25, 0.3) is 5.91 Å². The first-order chi connectivity index (χ1) is 13.8. The minimum Gasteiger partial charge on any atom is -0.493 e. The quantitative estimate of drug-likeness (QED) is 0.734. The smallest absolute Gasteiger partial charge is 0.416 e. The predicted octanol–water partition coefficient (Wildman–Crippen LogP) is 4.16. The van der Waals surface area contributed by atoms with Crippen molar-refractivity contribution in [3.63, 3.8) is 0 Å². The van der Waals surface area contributed by atoms with E-state index < -0.39 is 24.3 Å². The molecule has 0 aliphatic heterocycles. The van der Waals surface area contributed by atoms with Crippen molar-refractivity contribution in [1.82, 2.24) is 0 Å². The molecule has 0 heterocycles. The fourth-order valence-electron chi connectivity index (χ4n) is 2.26. The second kappa shape index (κ2) is 9.29. The van der Waals surface area contributed by atoms with Crippen molar-refractivity contribution < 1.29 is 27.4 Å². The van der Waals surface area contributed by atoms with Crippen LogP contribution in [0.2, 0.25) is 0 Å². The fraction of sp³-hybridized carbons (Fsp3) is 0.150. The Labute approximate surface area is 164 Å². The highest BCUT2D eigenvalue weighted by molar-refractivity contribution is 5.92. The molecule has 0 saturated carbocycles. The summed E-state index contributed by atoms with van der Waals surface area (Å²) in [5, 5.41) is 19.9. The van der Waals surface area contributed by atoms with E-state index in [9.17, 15) is 18.0 Å². The number of ether oxygens (including phenoxy) is 2. The van der Waals surface area contributed by atoms with Crippen molar-refractivity contribution >= 4 is 17.7 Å². The summed E-state index contributed by atoms with van der Waals surface area (Å²) in [5.41, 5.74) is -0.473. The van der Waals surface area contributed by atoms with Crippen molar-refractivity contribution in [2.45, 2.75) is 6.18 Å². The Hall–Kier alpha value is -3.98. The van der Waals surface area contributed by atoms with Gasteiger partial charge in [-0.15, -0.1) is 0 Å². The van der Waals surface area contributed by atoms with Crippen LogP contribution in [0.25, 0.3) is 6.08 Å². The van der Waals surface area contributed by atoms with Crippen LogP contribution in [-0.4, -0.2) is 19.6 Å². The van der Waals surface area contributed by atoms with Crippen LogP contribution < -0.4 is 14.8 Å². The first-order valence-corrected chi connectivity index (χ1v) is 8.06. The molecule has 0 atom stereocenters. The zero-order valence-corrected chi connectivity index (χ0v) is 15.1. The van der Waals surface area contributed by atoms with Crippen LogP contribution in [0.3, 0.4) is 0 Å². The van der Waals surface area contributed by atoms with E-state index in [0.717, 1.165) is 12.1 Å². The highest BCUT2D eigenvalue weighted by Gasteiger charge is 2.30. The minimum atomic E-state index is -4.52. The Morgan fingerprint density at radius 1 is 1.14 bits per heavy atom. The third-order valence-corrected chi connectivity index (χ3v) is 3.57. The van der Waals surface area contributed by atoms with Crippen LogP contribution in [0.1, 0.15) is 11.1 Å². The van der Waals surface area contributed by atoms with Gasteiger partial charge in [0.15, 0.2) is 18.1 Å². The third-order valence-electron chi connectivity index (χ3n) is 3.57. The van der Waals surface area contributed by atoms with Gasteiger partial charge in [0.2, 0.25) is 0 Å². The van der Waals surface area contributed by atoms with Gasteiger partial charge in [0.05, 0.1) is 12.7 Å². The lowest BCUT2D eigenvalue weighted by molar-refractivity contribution is -0.137. The minimum absolute atomic E-state index is 0.0126. The highest BCUT2D eigenvalue weighted by Crippen LogP contribution is 2.31. The molecule has 2 aromatic carbocycles. The second-order valence-corrected chi connectivity index (χ2v) is 5.61. The molecule has 0 radical (unpaired) electrons. The van der Waals surface area contributed by atoms with E-state index in [-0.39, 0.29) is 22.8 Å². The van der Waals surface area contributed by atoms with Crippen molar-refractivity contribution in [3.05, 3.63) is 59.2 Å². The van der Waals surface area contributed by atoms with E-state index >= 15 is 0 Å². The molecular weight excluding hydrogens is 387 g/mol. The Bertz CT molecular complexity index is 1000. The lowest BCUT2D eigenvalue weighted by Gasteiger charge is -2.12. The highest BCUT2D eigenvalue weighted by atomic mass is 19.4. The summed E-state index contributed by atoms with van der Waals surface area (Å²) < 4.78 is 48.7. The van der Waals surface area contributed by atoms with Gasteiger partial charge >= 0.3 is 6.18 Å². The molecule has 2 aromatic rings. The molecule has 0 fully saturated rings. The lowest BCUT2D eigenvalue weighted by atomic mass is 10.1. The normalized spacial score (nSPS) is 10.3. The first kappa shape index (κ1) is 21.3. The van der Waals surface area contributed by atoms with E-state index in [1.54, 1.807) is 18.2 Å². The number of nitrogens with one attached hydrogen (secondary N) is 1. The summed E-state index contributed by atoms with van der Waals surface area (Å²) in [5.74, 6) is -0.202. The molecule has 0 unspecified atom stereocenters. The zero-order valence-electron chi connectivity index (χ0n) is 15.1. The largest absolute Gasteiger partial charge is 0.493 e. The summed E-state index contributed by atoms with van der Waals surface area (Å²) in [4.78, 5) is 12.0.